The largest absolute Gasteiger partial charge is 0.452 e. The molecule has 116 valence electrons. The van der Waals surface area contributed by atoms with Gasteiger partial charge in [0.15, 0.2) is 6.61 Å². The molecule has 0 atom stereocenters. The Hall–Kier alpha value is -2.34. The predicted molar refractivity (Wildman–Crippen MR) is 83.0 cm³/mol. The number of anilines is 1. The van der Waals surface area contributed by atoms with Crippen molar-refractivity contribution in [1.29, 1.82) is 0 Å². The standard InChI is InChI=1S/C15H16ClN3O3/c1-10(2)19-13(7-8-17-19)18-14(20)9-22-15(21)11-3-5-12(16)6-4-11/h3-8,10H,9H2,1-2H3,(H,18,20). The van der Waals surface area contributed by atoms with E-state index in [1.807, 2.05) is 13.8 Å². The number of amides is 1. The van der Waals surface area contributed by atoms with E-state index in [9.17, 15) is 9.59 Å². The number of rotatable bonds is 5. The van der Waals surface area contributed by atoms with Crippen LogP contribution < -0.4 is 5.32 Å². The van der Waals surface area contributed by atoms with Crippen LogP contribution >= 0.6 is 11.6 Å². The van der Waals surface area contributed by atoms with Crippen LogP contribution in [-0.2, 0) is 9.53 Å². The summed E-state index contributed by atoms with van der Waals surface area (Å²) in [6, 6.07) is 8.03. The van der Waals surface area contributed by atoms with Gasteiger partial charge in [0.05, 0.1) is 11.8 Å². The van der Waals surface area contributed by atoms with Gasteiger partial charge < -0.3 is 10.1 Å². The van der Waals surface area contributed by atoms with Crippen LogP contribution in [0.3, 0.4) is 0 Å². The van der Waals surface area contributed by atoms with E-state index in [-0.39, 0.29) is 12.6 Å². The summed E-state index contributed by atoms with van der Waals surface area (Å²) in [6.07, 6.45) is 1.59. The van der Waals surface area contributed by atoms with Crippen LogP contribution in [0.5, 0.6) is 0 Å². The van der Waals surface area contributed by atoms with Crippen LogP contribution in [0.4, 0.5) is 5.82 Å². The molecule has 1 N–H and O–H groups in total. The Balaban J connectivity index is 1.88. The number of nitrogens with one attached hydrogen (secondary N) is 1. The van der Waals surface area contributed by atoms with Gasteiger partial charge in [0, 0.05) is 17.1 Å². The predicted octanol–water partition coefficient (Wildman–Crippen LogP) is 2.91. The highest BCUT2D eigenvalue weighted by molar-refractivity contribution is 6.30. The fourth-order valence-electron chi connectivity index (χ4n) is 1.80. The number of nitrogens with zero attached hydrogens (tertiary/aromatic N) is 2. The lowest BCUT2D eigenvalue weighted by molar-refractivity contribution is -0.119. The van der Waals surface area contributed by atoms with Crippen molar-refractivity contribution >= 4 is 29.3 Å². The zero-order chi connectivity index (χ0) is 16.1. The first kappa shape index (κ1) is 16.0. The maximum atomic E-state index is 11.8. The molecule has 1 amide bonds. The zero-order valence-corrected chi connectivity index (χ0v) is 13.0. The van der Waals surface area contributed by atoms with Gasteiger partial charge >= 0.3 is 5.97 Å². The second-order valence-electron chi connectivity index (χ2n) is 4.89. The van der Waals surface area contributed by atoms with Crippen LogP contribution in [0.2, 0.25) is 5.02 Å². The number of aromatic nitrogens is 2. The van der Waals surface area contributed by atoms with E-state index in [0.717, 1.165) is 0 Å². The Morgan fingerprint density at radius 1 is 1.27 bits per heavy atom. The lowest BCUT2D eigenvalue weighted by Gasteiger charge is -2.11. The first-order valence-electron chi connectivity index (χ1n) is 6.73. The van der Waals surface area contributed by atoms with Crippen molar-refractivity contribution in [1.82, 2.24) is 9.78 Å². The third kappa shape index (κ3) is 4.08. The lowest BCUT2D eigenvalue weighted by Crippen LogP contribution is -2.23. The van der Waals surface area contributed by atoms with Gasteiger partial charge in [-0.25, -0.2) is 9.48 Å². The minimum absolute atomic E-state index is 0.113. The molecular formula is C15H16ClN3O3. The summed E-state index contributed by atoms with van der Waals surface area (Å²) in [6.45, 7) is 3.52. The van der Waals surface area contributed by atoms with E-state index in [1.54, 1.807) is 29.1 Å². The summed E-state index contributed by atoms with van der Waals surface area (Å²) in [7, 11) is 0. The van der Waals surface area contributed by atoms with Crippen molar-refractivity contribution in [2.75, 3.05) is 11.9 Å². The first-order valence-corrected chi connectivity index (χ1v) is 7.11. The number of ether oxygens (including phenoxy) is 1. The number of benzene rings is 1. The highest BCUT2D eigenvalue weighted by Gasteiger charge is 2.12. The van der Waals surface area contributed by atoms with Crippen molar-refractivity contribution < 1.29 is 14.3 Å². The van der Waals surface area contributed by atoms with Crippen molar-refractivity contribution in [2.24, 2.45) is 0 Å². The van der Waals surface area contributed by atoms with E-state index in [2.05, 4.69) is 10.4 Å². The molecule has 7 heteroatoms. The van der Waals surface area contributed by atoms with Crippen molar-refractivity contribution in [3.05, 3.63) is 47.1 Å². The Morgan fingerprint density at radius 2 is 1.95 bits per heavy atom. The summed E-state index contributed by atoms with van der Waals surface area (Å²) in [5.41, 5.74) is 0.337. The smallest absolute Gasteiger partial charge is 0.338 e. The Kier molecular flexibility index (Phi) is 5.16. The summed E-state index contributed by atoms with van der Waals surface area (Å²) >= 11 is 5.74. The monoisotopic (exact) mass is 321 g/mol. The van der Waals surface area contributed by atoms with Gasteiger partial charge in [-0.3, -0.25) is 4.79 Å². The van der Waals surface area contributed by atoms with Gasteiger partial charge in [-0.15, -0.1) is 0 Å². The van der Waals surface area contributed by atoms with Crippen LogP contribution in [0.15, 0.2) is 36.5 Å². The molecule has 0 spiro atoms. The van der Waals surface area contributed by atoms with Crippen LogP contribution in [0.25, 0.3) is 0 Å². The Morgan fingerprint density at radius 3 is 2.59 bits per heavy atom. The summed E-state index contributed by atoms with van der Waals surface area (Å²) < 4.78 is 6.62. The van der Waals surface area contributed by atoms with Crippen molar-refractivity contribution in [3.63, 3.8) is 0 Å². The molecule has 0 saturated heterocycles. The molecule has 1 aromatic heterocycles. The van der Waals surface area contributed by atoms with Gasteiger partial charge in [0.25, 0.3) is 5.91 Å². The lowest BCUT2D eigenvalue weighted by atomic mass is 10.2. The van der Waals surface area contributed by atoms with E-state index in [1.165, 1.54) is 12.1 Å². The summed E-state index contributed by atoms with van der Waals surface area (Å²) in [5.74, 6) is -0.448. The molecular weight excluding hydrogens is 306 g/mol. The normalized spacial score (nSPS) is 10.5. The number of carbonyl (C=O) groups is 2. The molecule has 0 radical (unpaired) electrons. The minimum atomic E-state index is -0.579. The number of hydrogen-bond donors (Lipinski definition) is 1. The van der Waals surface area contributed by atoms with Gasteiger partial charge in [0.2, 0.25) is 0 Å². The van der Waals surface area contributed by atoms with Gasteiger partial charge in [-0.05, 0) is 38.1 Å². The van der Waals surface area contributed by atoms with Gasteiger partial charge in [-0.2, -0.15) is 5.10 Å². The Bertz CT molecular complexity index is 665. The van der Waals surface area contributed by atoms with Gasteiger partial charge in [-0.1, -0.05) is 11.6 Å². The molecule has 6 nitrogen and oxygen atoms in total. The first-order chi connectivity index (χ1) is 10.5. The molecule has 1 heterocycles. The second kappa shape index (κ2) is 7.09. The molecule has 2 aromatic rings. The molecule has 0 bridgehead atoms. The minimum Gasteiger partial charge on any atom is -0.452 e. The number of esters is 1. The van der Waals surface area contributed by atoms with Gasteiger partial charge in [0.1, 0.15) is 5.82 Å². The fraction of sp³-hybridized carbons (Fsp3) is 0.267. The molecule has 1 aromatic carbocycles. The highest BCUT2D eigenvalue weighted by atomic mass is 35.5. The molecule has 0 saturated carbocycles. The van der Waals surface area contributed by atoms with E-state index >= 15 is 0 Å². The molecule has 0 unspecified atom stereocenters. The van der Waals surface area contributed by atoms with E-state index in [4.69, 9.17) is 16.3 Å². The van der Waals surface area contributed by atoms with Crippen LogP contribution in [0.1, 0.15) is 30.2 Å². The van der Waals surface area contributed by atoms with E-state index in [0.29, 0.717) is 16.4 Å². The summed E-state index contributed by atoms with van der Waals surface area (Å²) in [5, 5.41) is 7.28. The van der Waals surface area contributed by atoms with Crippen LogP contribution in [0, 0.1) is 0 Å². The maximum Gasteiger partial charge on any atom is 0.338 e. The quantitative estimate of drug-likeness (QED) is 0.859. The SMILES string of the molecule is CC(C)n1nccc1NC(=O)COC(=O)c1ccc(Cl)cc1. The number of hydrogen-bond acceptors (Lipinski definition) is 4. The maximum absolute atomic E-state index is 11.8. The third-order valence-corrected chi connectivity index (χ3v) is 3.09. The molecule has 22 heavy (non-hydrogen) atoms. The average molecular weight is 322 g/mol. The number of carbonyl (C=O) groups excluding carboxylic acids is 2. The van der Waals surface area contributed by atoms with Crippen LogP contribution in [-0.4, -0.2) is 28.3 Å². The molecule has 0 aliphatic heterocycles. The number of halogens is 1. The average Bonchev–Trinajstić information content (AvgIpc) is 2.94. The second-order valence-corrected chi connectivity index (χ2v) is 5.32. The fourth-order valence-corrected chi connectivity index (χ4v) is 1.93. The highest BCUT2D eigenvalue weighted by Crippen LogP contribution is 2.13. The third-order valence-electron chi connectivity index (χ3n) is 2.84. The topological polar surface area (TPSA) is 73.2 Å². The molecule has 0 fully saturated rings. The Labute approximate surface area is 133 Å². The zero-order valence-electron chi connectivity index (χ0n) is 12.2. The molecule has 2 rings (SSSR count). The van der Waals surface area contributed by atoms with E-state index < -0.39 is 11.9 Å². The van der Waals surface area contributed by atoms with Crippen molar-refractivity contribution in [2.45, 2.75) is 19.9 Å². The molecule has 0 aliphatic carbocycles. The summed E-state index contributed by atoms with van der Waals surface area (Å²) in [4.78, 5) is 23.6. The van der Waals surface area contributed by atoms with Crippen molar-refractivity contribution in [3.8, 4) is 0 Å². The molecule has 0 aliphatic rings.